The smallest absolute Gasteiger partial charge is 0.240 e. The number of primary amides is 1. The van der Waals surface area contributed by atoms with E-state index in [-0.39, 0.29) is 5.82 Å². The van der Waals surface area contributed by atoms with E-state index >= 15 is 0 Å². The number of nitrogens with two attached hydrogens (primary N) is 1. The number of rotatable bonds is 3. The third kappa shape index (κ3) is 2.55. The molecule has 1 heterocycles. The number of nitrogens with zero attached hydrogens (tertiary/aromatic N) is 2. The molecule has 0 aliphatic carbocycles. The van der Waals surface area contributed by atoms with Gasteiger partial charge in [0.15, 0.2) is 0 Å². The molecule has 0 aliphatic heterocycles. The van der Waals surface area contributed by atoms with Crippen LogP contribution in [-0.2, 0) is 4.79 Å². The Morgan fingerprint density at radius 2 is 2.16 bits per heavy atom. The topological polar surface area (TPSA) is 60.9 Å². The Kier molecular flexibility index (Phi) is 4.00. The van der Waals surface area contributed by atoms with Crippen molar-refractivity contribution >= 4 is 51.1 Å². The zero-order chi connectivity index (χ0) is 14.3. The van der Waals surface area contributed by atoms with Crippen LogP contribution >= 0.6 is 34.2 Å². The van der Waals surface area contributed by atoms with Gasteiger partial charge in [0.1, 0.15) is 17.7 Å². The van der Waals surface area contributed by atoms with Gasteiger partial charge in [0, 0.05) is 6.07 Å². The number of carbonyl (C=O) groups is 1. The Morgan fingerprint density at radius 1 is 1.53 bits per heavy atom. The van der Waals surface area contributed by atoms with Crippen LogP contribution in [0.25, 0.3) is 11.0 Å². The van der Waals surface area contributed by atoms with E-state index in [1.54, 1.807) is 24.5 Å². The number of hydrogen-bond donors (Lipinski definition) is 1. The van der Waals surface area contributed by atoms with E-state index in [1.807, 2.05) is 22.6 Å². The van der Waals surface area contributed by atoms with Crippen LogP contribution in [0.2, 0.25) is 0 Å². The summed E-state index contributed by atoms with van der Waals surface area (Å²) in [4.78, 5) is 15.8. The highest BCUT2D eigenvalue weighted by Gasteiger charge is 2.23. The van der Waals surface area contributed by atoms with Crippen LogP contribution in [0.3, 0.4) is 0 Å². The summed E-state index contributed by atoms with van der Waals surface area (Å²) in [7, 11) is 0. The second-order valence-corrected chi connectivity index (χ2v) is 6.11. The number of imidazole rings is 1. The molecule has 0 spiro atoms. The Morgan fingerprint density at radius 3 is 2.68 bits per heavy atom. The molecule has 1 aromatic carbocycles. The lowest BCUT2D eigenvalue weighted by molar-refractivity contribution is -0.120. The summed E-state index contributed by atoms with van der Waals surface area (Å²) in [6.07, 6.45) is 0. The minimum atomic E-state index is -0.638. The van der Waals surface area contributed by atoms with Crippen LogP contribution in [0.5, 0.6) is 0 Å². The van der Waals surface area contributed by atoms with Crippen molar-refractivity contribution in [3.63, 3.8) is 0 Å². The van der Waals surface area contributed by atoms with Gasteiger partial charge in [-0.05, 0) is 42.5 Å². The van der Waals surface area contributed by atoms with Gasteiger partial charge in [-0.25, -0.2) is 9.37 Å². The number of alkyl halides is 1. The average Bonchev–Trinajstić information content (AvgIpc) is 2.67. The first kappa shape index (κ1) is 14.5. The summed E-state index contributed by atoms with van der Waals surface area (Å²) in [5.41, 5.74) is 6.45. The molecule has 0 saturated carbocycles. The third-order valence-corrected chi connectivity index (χ3v) is 3.94. The summed E-state index contributed by atoms with van der Waals surface area (Å²) in [6.45, 7) is 3.39. The number of benzene rings is 1. The van der Waals surface area contributed by atoms with Crippen LogP contribution in [0.1, 0.15) is 31.1 Å². The number of carbonyl (C=O) groups excluding carboxylic acids is 1. The first-order valence-corrected chi connectivity index (χ1v) is 7.14. The van der Waals surface area contributed by atoms with Crippen molar-refractivity contribution in [1.29, 1.82) is 0 Å². The second kappa shape index (κ2) is 5.24. The predicted molar refractivity (Wildman–Crippen MR) is 80.6 cm³/mol. The number of halogens is 3. The van der Waals surface area contributed by atoms with E-state index in [0.717, 1.165) is 0 Å². The number of fused-ring (bicyclic) bond motifs is 1. The monoisotopic (exact) mass is 395 g/mol. The normalized spacial score (nSPS) is 14.6. The highest BCUT2D eigenvalue weighted by Crippen LogP contribution is 2.29. The fourth-order valence-electron chi connectivity index (χ4n) is 1.92. The zero-order valence-corrected chi connectivity index (χ0v) is 13.2. The van der Waals surface area contributed by atoms with Gasteiger partial charge >= 0.3 is 0 Å². The van der Waals surface area contributed by atoms with Gasteiger partial charge in [-0.1, -0.05) is 0 Å². The van der Waals surface area contributed by atoms with E-state index in [9.17, 15) is 9.18 Å². The molecule has 102 valence electrons. The molecule has 7 heteroatoms. The Bertz CT molecular complexity index is 656. The summed E-state index contributed by atoms with van der Waals surface area (Å²) in [5, 5.41) is -0.407. The number of aromatic nitrogens is 2. The maximum absolute atomic E-state index is 13.7. The molecule has 2 rings (SSSR count). The minimum absolute atomic E-state index is 0.361. The van der Waals surface area contributed by atoms with Crippen molar-refractivity contribution < 1.29 is 9.18 Å². The fraction of sp³-hybridized carbons (Fsp3) is 0.333. The van der Waals surface area contributed by atoms with Gasteiger partial charge in [-0.2, -0.15) is 0 Å². The van der Waals surface area contributed by atoms with Crippen molar-refractivity contribution in [2.24, 2.45) is 5.73 Å². The molecule has 19 heavy (non-hydrogen) atoms. The van der Waals surface area contributed by atoms with Gasteiger partial charge in [-0.3, -0.25) is 4.79 Å². The first-order valence-electron chi connectivity index (χ1n) is 5.63. The molecule has 4 nitrogen and oxygen atoms in total. The quantitative estimate of drug-likeness (QED) is 0.641. The summed E-state index contributed by atoms with van der Waals surface area (Å²) in [5.74, 6) is -0.374. The minimum Gasteiger partial charge on any atom is -0.368 e. The molecule has 1 amide bonds. The van der Waals surface area contributed by atoms with Gasteiger partial charge in [0.05, 0.1) is 20.0 Å². The van der Waals surface area contributed by atoms with E-state index in [4.69, 9.17) is 17.3 Å². The van der Waals surface area contributed by atoms with Crippen molar-refractivity contribution in [3.8, 4) is 0 Å². The standard InChI is InChI=1S/C12H12ClFIN3O/c1-5(13)12-17-9-4-8(15)7(14)3-10(9)18(12)6(2)11(16)19/h3-6H,1-2H3,(H2,16,19). The number of hydrogen-bond acceptors (Lipinski definition) is 2. The molecule has 0 fully saturated rings. The van der Waals surface area contributed by atoms with E-state index in [2.05, 4.69) is 4.98 Å². The van der Waals surface area contributed by atoms with E-state index in [1.165, 1.54) is 6.07 Å². The lowest BCUT2D eigenvalue weighted by Gasteiger charge is -2.15. The van der Waals surface area contributed by atoms with Crippen molar-refractivity contribution in [2.75, 3.05) is 0 Å². The molecule has 1 aromatic heterocycles. The zero-order valence-electron chi connectivity index (χ0n) is 10.3. The first-order chi connectivity index (χ1) is 8.82. The molecule has 0 bridgehead atoms. The van der Waals surface area contributed by atoms with Crippen molar-refractivity contribution in [2.45, 2.75) is 25.3 Å². The predicted octanol–water partition coefficient (Wildman–Crippen LogP) is 3.13. The lowest BCUT2D eigenvalue weighted by Crippen LogP contribution is -2.25. The van der Waals surface area contributed by atoms with Crippen molar-refractivity contribution in [1.82, 2.24) is 9.55 Å². The largest absolute Gasteiger partial charge is 0.368 e. The molecule has 2 atom stereocenters. The van der Waals surface area contributed by atoms with Crippen molar-refractivity contribution in [3.05, 3.63) is 27.3 Å². The molecule has 2 aromatic rings. The van der Waals surface area contributed by atoms with Crippen LogP contribution in [-0.4, -0.2) is 15.5 Å². The van der Waals surface area contributed by atoms with Gasteiger partial charge in [0.25, 0.3) is 0 Å². The summed E-state index contributed by atoms with van der Waals surface area (Å²) < 4.78 is 15.8. The van der Waals surface area contributed by atoms with E-state index in [0.29, 0.717) is 20.4 Å². The molecular weight excluding hydrogens is 384 g/mol. The van der Waals surface area contributed by atoms with Crippen LogP contribution in [0.4, 0.5) is 4.39 Å². The molecule has 0 saturated heterocycles. The summed E-state index contributed by atoms with van der Waals surface area (Å²) in [6, 6.07) is 2.34. The average molecular weight is 396 g/mol. The van der Waals surface area contributed by atoms with Gasteiger partial charge < -0.3 is 10.3 Å². The van der Waals surface area contributed by atoms with Crippen LogP contribution < -0.4 is 5.73 Å². The number of amides is 1. The van der Waals surface area contributed by atoms with Crippen LogP contribution in [0, 0.1) is 9.39 Å². The Labute approximate surface area is 128 Å². The van der Waals surface area contributed by atoms with Gasteiger partial charge in [-0.15, -0.1) is 11.6 Å². The molecule has 0 aliphatic rings. The Balaban J connectivity index is 2.80. The molecule has 0 radical (unpaired) electrons. The lowest BCUT2D eigenvalue weighted by atomic mass is 10.2. The molecule has 2 N–H and O–H groups in total. The van der Waals surface area contributed by atoms with E-state index < -0.39 is 17.3 Å². The van der Waals surface area contributed by atoms with Gasteiger partial charge in [0.2, 0.25) is 5.91 Å². The summed E-state index contributed by atoms with van der Waals surface area (Å²) >= 11 is 7.97. The maximum atomic E-state index is 13.7. The molecule has 2 unspecified atom stereocenters. The highest BCUT2D eigenvalue weighted by molar-refractivity contribution is 14.1. The second-order valence-electron chi connectivity index (χ2n) is 4.29. The highest BCUT2D eigenvalue weighted by atomic mass is 127. The SMILES string of the molecule is CC(Cl)c1nc2cc(I)c(F)cc2n1C(C)C(N)=O. The Hall–Kier alpha value is -0.890. The molecular formula is C12H12ClFIN3O. The maximum Gasteiger partial charge on any atom is 0.240 e. The third-order valence-electron chi connectivity index (χ3n) is 2.91. The fourth-order valence-corrected chi connectivity index (χ4v) is 2.53. The van der Waals surface area contributed by atoms with Crippen LogP contribution in [0.15, 0.2) is 12.1 Å².